The molecule has 0 saturated carbocycles. The first-order valence-corrected chi connectivity index (χ1v) is 6.20. The van der Waals surface area contributed by atoms with Crippen LogP contribution in [0.2, 0.25) is 0 Å². The number of nitrogens with one attached hydrogen (secondary N) is 1. The Morgan fingerprint density at radius 2 is 2.11 bits per heavy atom. The van der Waals surface area contributed by atoms with Crippen LogP contribution in [0.1, 0.15) is 25.0 Å². The second kappa shape index (κ2) is 9.01. The van der Waals surface area contributed by atoms with Crippen molar-refractivity contribution in [2.24, 2.45) is 16.6 Å². The van der Waals surface area contributed by atoms with Gasteiger partial charge in [-0.3, -0.25) is 0 Å². The molecule has 0 radical (unpaired) electrons. The summed E-state index contributed by atoms with van der Waals surface area (Å²) in [5.41, 5.74) is 8.02. The highest BCUT2D eigenvalue weighted by Gasteiger charge is 2.00. The number of benzene rings is 1. The zero-order chi connectivity index (χ0) is 13.5. The first-order chi connectivity index (χ1) is 8.52. The van der Waals surface area contributed by atoms with Gasteiger partial charge in [0.05, 0.1) is 13.7 Å². The lowest BCUT2D eigenvalue weighted by Gasteiger charge is -2.08. The van der Waals surface area contributed by atoms with E-state index in [4.69, 9.17) is 10.5 Å². The summed E-state index contributed by atoms with van der Waals surface area (Å²) in [5, 5.41) is 3.09. The molecule has 0 unspecified atom stereocenters. The van der Waals surface area contributed by atoms with Gasteiger partial charge in [0, 0.05) is 6.54 Å². The molecule has 0 spiro atoms. The summed E-state index contributed by atoms with van der Waals surface area (Å²) in [7, 11) is 1.67. The molecule has 0 amide bonds. The van der Waals surface area contributed by atoms with Crippen molar-refractivity contribution in [2.75, 3.05) is 13.7 Å². The van der Waals surface area contributed by atoms with Crippen LogP contribution >= 0.6 is 24.0 Å². The van der Waals surface area contributed by atoms with E-state index in [-0.39, 0.29) is 24.0 Å². The maximum absolute atomic E-state index is 5.78. The maximum Gasteiger partial charge on any atom is 0.188 e. The quantitative estimate of drug-likeness (QED) is 0.471. The van der Waals surface area contributed by atoms with Crippen LogP contribution in [-0.4, -0.2) is 19.6 Å². The Bertz CT molecular complexity index is 419. The number of guanidine groups is 1. The van der Waals surface area contributed by atoms with Crippen LogP contribution in [-0.2, 0) is 6.54 Å². The predicted octanol–water partition coefficient (Wildman–Crippen LogP) is 2.68. The third-order valence-electron chi connectivity index (χ3n) is 2.58. The average Bonchev–Trinajstić information content (AvgIpc) is 2.34. The molecule has 0 aliphatic rings. The Hall–Kier alpha value is -0.980. The largest absolute Gasteiger partial charge is 0.496 e. The molecule has 108 valence electrons. The first kappa shape index (κ1) is 18.0. The highest BCUT2D eigenvalue weighted by Crippen LogP contribution is 2.18. The van der Waals surface area contributed by atoms with Crippen LogP contribution in [0.4, 0.5) is 0 Å². The Kier molecular flexibility index (Phi) is 8.54. The van der Waals surface area contributed by atoms with E-state index in [1.165, 1.54) is 0 Å². The number of hydrogen-bond donors (Lipinski definition) is 2. The van der Waals surface area contributed by atoms with Crippen LogP contribution in [0.3, 0.4) is 0 Å². The number of ether oxygens (including phenoxy) is 1. The molecule has 0 bridgehead atoms. The van der Waals surface area contributed by atoms with Crippen LogP contribution in [0.5, 0.6) is 5.75 Å². The topological polar surface area (TPSA) is 59.6 Å². The summed E-state index contributed by atoms with van der Waals surface area (Å²) in [5.74, 6) is 1.95. The minimum absolute atomic E-state index is 0. The van der Waals surface area contributed by atoms with Crippen molar-refractivity contribution in [2.45, 2.75) is 27.3 Å². The van der Waals surface area contributed by atoms with Crippen LogP contribution in [0, 0.1) is 12.8 Å². The van der Waals surface area contributed by atoms with Crippen molar-refractivity contribution in [3.63, 3.8) is 0 Å². The van der Waals surface area contributed by atoms with Crippen molar-refractivity contribution in [3.05, 3.63) is 29.3 Å². The van der Waals surface area contributed by atoms with Gasteiger partial charge >= 0.3 is 0 Å². The Balaban J connectivity index is 0.00000324. The van der Waals surface area contributed by atoms with Crippen molar-refractivity contribution in [3.8, 4) is 5.75 Å². The SMILES string of the molecule is COc1ccc(CN=C(N)NCC(C)C)cc1C.I. The smallest absolute Gasteiger partial charge is 0.188 e. The number of nitrogens with two attached hydrogens (primary N) is 1. The predicted molar refractivity (Wildman–Crippen MR) is 91.3 cm³/mol. The lowest BCUT2D eigenvalue weighted by molar-refractivity contribution is 0.411. The minimum atomic E-state index is 0. The van der Waals surface area contributed by atoms with Gasteiger partial charge in [0.25, 0.3) is 0 Å². The molecule has 0 aliphatic carbocycles. The van der Waals surface area contributed by atoms with E-state index in [0.29, 0.717) is 18.4 Å². The number of aliphatic imine (C=N–C) groups is 1. The van der Waals surface area contributed by atoms with Gasteiger partial charge in [-0.2, -0.15) is 0 Å². The monoisotopic (exact) mass is 377 g/mol. The number of rotatable bonds is 5. The molecule has 0 saturated heterocycles. The van der Waals surface area contributed by atoms with E-state index in [1.807, 2.05) is 19.1 Å². The highest BCUT2D eigenvalue weighted by molar-refractivity contribution is 14.0. The molecule has 0 aromatic heterocycles. The lowest BCUT2D eigenvalue weighted by Crippen LogP contribution is -2.34. The standard InChI is InChI=1S/C14H23N3O.HI/c1-10(2)8-16-14(15)17-9-12-5-6-13(18-4)11(3)7-12;/h5-7,10H,8-9H2,1-4H3,(H3,15,16,17);1H. The summed E-state index contributed by atoms with van der Waals surface area (Å²) in [4.78, 5) is 4.31. The molecule has 1 rings (SSSR count). The normalized spacial score (nSPS) is 11.1. The van der Waals surface area contributed by atoms with Gasteiger partial charge in [0.2, 0.25) is 0 Å². The van der Waals surface area contributed by atoms with Gasteiger partial charge in [0.15, 0.2) is 5.96 Å². The van der Waals surface area contributed by atoms with Crippen molar-refractivity contribution in [1.29, 1.82) is 0 Å². The summed E-state index contributed by atoms with van der Waals surface area (Å²) in [6.45, 7) is 7.71. The molecule has 0 fully saturated rings. The fraction of sp³-hybridized carbons (Fsp3) is 0.500. The first-order valence-electron chi connectivity index (χ1n) is 6.20. The number of hydrogen-bond acceptors (Lipinski definition) is 2. The summed E-state index contributed by atoms with van der Waals surface area (Å²) >= 11 is 0. The highest BCUT2D eigenvalue weighted by atomic mass is 127. The Morgan fingerprint density at radius 3 is 2.63 bits per heavy atom. The number of aryl methyl sites for hydroxylation is 1. The Morgan fingerprint density at radius 1 is 1.42 bits per heavy atom. The third kappa shape index (κ3) is 6.66. The van der Waals surface area contributed by atoms with Crippen molar-refractivity contribution < 1.29 is 4.74 Å². The average molecular weight is 377 g/mol. The molecule has 5 heteroatoms. The minimum Gasteiger partial charge on any atom is -0.496 e. The van der Waals surface area contributed by atoms with E-state index in [9.17, 15) is 0 Å². The molecular formula is C14H24IN3O. The molecule has 19 heavy (non-hydrogen) atoms. The van der Waals surface area contributed by atoms with Crippen LogP contribution < -0.4 is 15.8 Å². The molecule has 1 aromatic carbocycles. The van der Waals surface area contributed by atoms with Gasteiger partial charge in [-0.25, -0.2) is 4.99 Å². The van der Waals surface area contributed by atoms with E-state index in [1.54, 1.807) is 7.11 Å². The van der Waals surface area contributed by atoms with E-state index in [0.717, 1.165) is 23.4 Å². The van der Waals surface area contributed by atoms with Crippen molar-refractivity contribution in [1.82, 2.24) is 5.32 Å². The van der Waals surface area contributed by atoms with E-state index in [2.05, 4.69) is 30.2 Å². The van der Waals surface area contributed by atoms with Crippen LogP contribution in [0.25, 0.3) is 0 Å². The Labute approximate surface area is 132 Å². The van der Waals surface area contributed by atoms with Crippen LogP contribution in [0.15, 0.2) is 23.2 Å². The van der Waals surface area contributed by atoms with Gasteiger partial charge in [-0.15, -0.1) is 24.0 Å². The fourth-order valence-corrected chi connectivity index (χ4v) is 1.58. The second-order valence-electron chi connectivity index (χ2n) is 4.78. The summed E-state index contributed by atoms with van der Waals surface area (Å²) in [6, 6.07) is 6.03. The third-order valence-corrected chi connectivity index (χ3v) is 2.58. The fourth-order valence-electron chi connectivity index (χ4n) is 1.58. The van der Waals surface area contributed by atoms with E-state index < -0.39 is 0 Å². The number of halogens is 1. The van der Waals surface area contributed by atoms with E-state index >= 15 is 0 Å². The molecule has 0 atom stereocenters. The molecule has 4 nitrogen and oxygen atoms in total. The zero-order valence-electron chi connectivity index (χ0n) is 12.1. The van der Waals surface area contributed by atoms with Gasteiger partial charge < -0.3 is 15.8 Å². The lowest BCUT2D eigenvalue weighted by atomic mass is 10.1. The zero-order valence-corrected chi connectivity index (χ0v) is 14.4. The molecule has 0 heterocycles. The maximum atomic E-state index is 5.78. The summed E-state index contributed by atoms with van der Waals surface area (Å²) in [6.07, 6.45) is 0. The van der Waals surface area contributed by atoms with Crippen molar-refractivity contribution >= 4 is 29.9 Å². The number of nitrogens with zero attached hydrogens (tertiary/aromatic N) is 1. The molecule has 1 aromatic rings. The molecular weight excluding hydrogens is 353 g/mol. The van der Waals surface area contributed by atoms with Gasteiger partial charge in [-0.1, -0.05) is 26.0 Å². The van der Waals surface area contributed by atoms with Gasteiger partial charge in [-0.05, 0) is 30.0 Å². The van der Waals surface area contributed by atoms with Gasteiger partial charge in [0.1, 0.15) is 5.75 Å². The number of methoxy groups -OCH3 is 1. The summed E-state index contributed by atoms with van der Waals surface area (Å²) < 4.78 is 5.22. The molecule has 0 aliphatic heterocycles. The molecule has 3 N–H and O–H groups in total. The second-order valence-corrected chi connectivity index (χ2v) is 4.78.